The normalized spacial score (nSPS) is 14.0. The number of nitrogens with one attached hydrogen (secondary N) is 1. The second kappa shape index (κ2) is 7.91. The molecule has 1 aromatic carbocycles. The van der Waals surface area contributed by atoms with Crippen molar-refractivity contribution in [3.8, 4) is 0 Å². The summed E-state index contributed by atoms with van der Waals surface area (Å²) in [6.45, 7) is 4.59. The van der Waals surface area contributed by atoms with E-state index in [4.69, 9.17) is 10.5 Å². The van der Waals surface area contributed by atoms with E-state index in [0.717, 1.165) is 5.56 Å². The largest absolute Gasteiger partial charge is 0.458 e. The Labute approximate surface area is 130 Å². The topological polar surface area (TPSA) is 102 Å². The maximum absolute atomic E-state index is 12.0. The van der Waals surface area contributed by atoms with Gasteiger partial charge in [-0.1, -0.05) is 30.3 Å². The Bertz CT molecular complexity index is 497. The number of hydrogen-bond donors (Lipinski definition) is 3. The molecule has 1 rings (SSSR count). The van der Waals surface area contributed by atoms with Gasteiger partial charge < -0.3 is 20.9 Å². The zero-order chi connectivity index (χ0) is 16.8. The Morgan fingerprint density at radius 3 is 2.36 bits per heavy atom. The third-order valence-electron chi connectivity index (χ3n) is 2.83. The number of rotatable bonds is 6. The lowest BCUT2D eigenvalue weighted by Crippen LogP contribution is -2.52. The second-order valence-corrected chi connectivity index (χ2v) is 6.07. The van der Waals surface area contributed by atoms with E-state index in [1.807, 2.05) is 30.3 Å². The van der Waals surface area contributed by atoms with E-state index in [9.17, 15) is 14.7 Å². The average molecular weight is 308 g/mol. The fourth-order valence-corrected chi connectivity index (χ4v) is 1.79. The monoisotopic (exact) mass is 308 g/mol. The highest BCUT2D eigenvalue weighted by Crippen LogP contribution is 2.08. The van der Waals surface area contributed by atoms with Gasteiger partial charge in [0.05, 0.1) is 12.6 Å². The second-order valence-electron chi connectivity index (χ2n) is 6.07. The summed E-state index contributed by atoms with van der Waals surface area (Å²) in [6, 6.07) is 7.40. The maximum Gasteiger partial charge on any atom is 0.331 e. The molecule has 0 aliphatic heterocycles. The lowest BCUT2D eigenvalue weighted by atomic mass is 10.1. The molecule has 6 nitrogen and oxygen atoms in total. The van der Waals surface area contributed by atoms with Gasteiger partial charge in [-0.2, -0.15) is 0 Å². The van der Waals surface area contributed by atoms with Crippen molar-refractivity contribution in [2.75, 3.05) is 6.61 Å². The molecule has 0 unspecified atom stereocenters. The molecule has 0 saturated heterocycles. The maximum atomic E-state index is 12.0. The number of esters is 1. The fraction of sp³-hybridized carbons (Fsp3) is 0.500. The third kappa shape index (κ3) is 6.24. The first-order chi connectivity index (χ1) is 10.2. The first-order valence-electron chi connectivity index (χ1n) is 7.16. The molecule has 0 saturated carbocycles. The van der Waals surface area contributed by atoms with Crippen LogP contribution in [0.25, 0.3) is 0 Å². The van der Waals surface area contributed by atoms with Crippen LogP contribution in [0.15, 0.2) is 30.3 Å². The van der Waals surface area contributed by atoms with Crippen LogP contribution in [-0.2, 0) is 20.7 Å². The van der Waals surface area contributed by atoms with Crippen LogP contribution < -0.4 is 11.1 Å². The smallest absolute Gasteiger partial charge is 0.331 e. The first kappa shape index (κ1) is 18.1. The van der Waals surface area contributed by atoms with Crippen LogP contribution >= 0.6 is 0 Å². The highest BCUT2D eigenvalue weighted by atomic mass is 16.6. The molecule has 0 aliphatic carbocycles. The minimum Gasteiger partial charge on any atom is -0.458 e. The van der Waals surface area contributed by atoms with Crippen molar-refractivity contribution in [2.24, 2.45) is 5.73 Å². The number of benzene rings is 1. The molecule has 0 bridgehead atoms. The van der Waals surface area contributed by atoms with E-state index in [-0.39, 0.29) is 0 Å². The Morgan fingerprint density at radius 2 is 1.86 bits per heavy atom. The molecular weight excluding hydrogens is 284 g/mol. The summed E-state index contributed by atoms with van der Waals surface area (Å²) < 4.78 is 5.14. The molecule has 0 fully saturated rings. The van der Waals surface area contributed by atoms with Gasteiger partial charge in [0.25, 0.3) is 0 Å². The van der Waals surface area contributed by atoms with Gasteiger partial charge in [0.15, 0.2) is 6.04 Å². The molecule has 122 valence electrons. The number of nitrogens with two attached hydrogens (primary N) is 1. The summed E-state index contributed by atoms with van der Waals surface area (Å²) in [4.78, 5) is 23.9. The van der Waals surface area contributed by atoms with Crippen LogP contribution in [0.3, 0.4) is 0 Å². The minimum absolute atomic E-state index is 0.346. The van der Waals surface area contributed by atoms with Crippen LogP contribution in [0.2, 0.25) is 0 Å². The van der Waals surface area contributed by atoms with E-state index < -0.39 is 36.2 Å². The van der Waals surface area contributed by atoms with E-state index in [1.54, 1.807) is 20.8 Å². The van der Waals surface area contributed by atoms with Crippen molar-refractivity contribution in [2.45, 2.75) is 44.9 Å². The number of aliphatic hydroxyl groups excluding tert-OH is 1. The minimum atomic E-state index is -1.12. The van der Waals surface area contributed by atoms with Gasteiger partial charge in [0.2, 0.25) is 5.91 Å². The highest BCUT2D eigenvalue weighted by Gasteiger charge is 2.27. The Kier molecular flexibility index (Phi) is 6.52. The zero-order valence-electron chi connectivity index (χ0n) is 13.2. The number of aliphatic hydroxyl groups is 1. The van der Waals surface area contributed by atoms with E-state index in [1.165, 1.54) is 0 Å². The van der Waals surface area contributed by atoms with Gasteiger partial charge in [-0.25, -0.2) is 4.79 Å². The van der Waals surface area contributed by atoms with Crippen LogP contribution in [-0.4, -0.2) is 41.3 Å². The summed E-state index contributed by atoms with van der Waals surface area (Å²) in [7, 11) is 0. The Hall–Kier alpha value is -1.92. The lowest BCUT2D eigenvalue weighted by molar-refractivity contribution is -0.159. The summed E-state index contributed by atoms with van der Waals surface area (Å²) in [6.07, 6.45) is 0.346. The molecule has 4 N–H and O–H groups in total. The van der Waals surface area contributed by atoms with Crippen LogP contribution in [0.4, 0.5) is 0 Å². The predicted octanol–water partition coefficient (Wildman–Crippen LogP) is 0.375. The average Bonchev–Trinajstić information content (AvgIpc) is 2.43. The van der Waals surface area contributed by atoms with Crippen molar-refractivity contribution in [3.05, 3.63) is 35.9 Å². The van der Waals surface area contributed by atoms with Gasteiger partial charge in [0, 0.05) is 0 Å². The van der Waals surface area contributed by atoms with E-state index in [2.05, 4.69) is 5.32 Å². The molecule has 2 atom stereocenters. The van der Waals surface area contributed by atoms with Crippen LogP contribution in [0.1, 0.15) is 26.3 Å². The quantitative estimate of drug-likeness (QED) is 0.659. The summed E-state index contributed by atoms with van der Waals surface area (Å²) in [5.74, 6) is -1.19. The molecule has 0 spiro atoms. The molecule has 1 amide bonds. The van der Waals surface area contributed by atoms with E-state index >= 15 is 0 Å². The Morgan fingerprint density at radius 1 is 1.27 bits per heavy atom. The molecule has 0 aromatic heterocycles. The van der Waals surface area contributed by atoms with Crippen molar-refractivity contribution in [1.82, 2.24) is 5.32 Å². The molecule has 22 heavy (non-hydrogen) atoms. The predicted molar refractivity (Wildman–Crippen MR) is 83.0 cm³/mol. The lowest BCUT2D eigenvalue weighted by Gasteiger charge is -2.24. The number of amides is 1. The van der Waals surface area contributed by atoms with Gasteiger partial charge in [-0.05, 0) is 32.8 Å². The number of carbonyl (C=O) groups excluding carboxylic acids is 2. The third-order valence-corrected chi connectivity index (χ3v) is 2.83. The van der Waals surface area contributed by atoms with Gasteiger partial charge >= 0.3 is 5.97 Å². The van der Waals surface area contributed by atoms with Crippen molar-refractivity contribution >= 4 is 11.9 Å². The van der Waals surface area contributed by atoms with Crippen molar-refractivity contribution in [1.29, 1.82) is 0 Å². The molecule has 6 heteroatoms. The molecular formula is C16H24N2O4. The highest BCUT2D eigenvalue weighted by molar-refractivity contribution is 5.87. The first-order valence-corrected chi connectivity index (χ1v) is 7.16. The van der Waals surface area contributed by atoms with Gasteiger partial charge in [-0.3, -0.25) is 4.79 Å². The Balaban J connectivity index is 2.59. The summed E-state index contributed by atoms with van der Waals surface area (Å²) >= 11 is 0. The molecule has 0 radical (unpaired) electrons. The van der Waals surface area contributed by atoms with Crippen LogP contribution in [0.5, 0.6) is 0 Å². The molecule has 1 aromatic rings. The number of hydrogen-bond acceptors (Lipinski definition) is 5. The number of carbonyl (C=O) groups is 2. The molecule has 0 heterocycles. The number of ether oxygens (including phenoxy) is 1. The summed E-state index contributed by atoms with van der Waals surface area (Å²) in [5, 5.41) is 11.7. The standard InChI is InChI=1S/C16H24N2O4/c1-16(2,3)22-15(21)13(10-19)18-14(20)12(17)9-11-7-5-4-6-8-11/h4-8,12-13,19H,9-10,17H2,1-3H3,(H,18,20)/t12-,13-/m0/s1. The zero-order valence-corrected chi connectivity index (χ0v) is 13.2. The van der Waals surface area contributed by atoms with Crippen molar-refractivity contribution in [3.63, 3.8) is 0 Å². The van der Waals surface area contributed by atoms with Crippen molar-refractivity contribution < 1.29 is 19.4 Å². The fourth-order valence-electron chi connectivity index (χ4n) is 1.79. The van der Waals surface area contributed by atoms with Crippen LogP contribution in [0, 0.1) is 0 Å². The van der Waals surface area contributed by atoms with Gasteiger partial charge in [-0.15, -0.1) is 0 Å². The van der Waals surface area contributed by atoms with Gasteiger partial charge in [0.1, 0.15) is 5.60 Å². The molecule has 0 aliphatic rings. The summed E-state index contributed by atoms with van der Waals surface area (Å²) in [5.41, 5.74) is 6.06. The SMILES string of the molecule is CC(C)(C)OC(=O)[C@H](CO)NC(=O)[C@@H](N)Cc1ccccc1. The van der Waals surface area contributed by atoms with E-state index in [0.29, 0.717) is 6.42 Å².